The van der Waals surface area contributed by atoms with Gasteiger partial charge in [-0.25, -0.2) is 0 Å². The first-order chi connectivity index (χ1) is 13.6. The number of aromatic nitrogens is 2. The lowest BCUT2D eigenvalue weighted by atomic mass is 9.97. The van der Waals surface area contributed by atoms with Crippen molar-refractivity contribution in [1.82, 2.24) is 15.1 Å². The number of thiophene rings is 1. The summed E-state index contributed by atoms with van der Waals surface area (Å²) in [5.74, 6) is 2.17. The van der Waals surface area contributed by atoms with Gasteiger partial charge in [-0.1, -0.05) is 0 Å². The van der Waals surface area contributed by atoms with Crippen molar-refractivity contribution >= 4 is 39.0 Å². The van der Waals surface area contributed by atoms with E-state index in [0.29, 0.717) is 24.5 Å². The van der Waals surface area contributed by atoms with Crippen LogP contribution in [0.15, 0.2) is 22.8 Å². The Morgan fingerprint density at radius 2 is 2.21 bits per heavy atom. The molecule has 8 heteroatoms. The number of carbonyl (C=O) groups is 1. The van der Waals surface area contributed by atoms with Crippen molar-refractivity contribution in [3.63, 3.8) is 0 Å². The van der Waals surface area contributed by atoms with Crippen molar-refractivity contribution in [2.24, 2.45) is 11.8 Å². The Balaban J connectivity index is 1.30. The first kappa shape index (κ1) is 18.5. The number of likely N-dealkylation sites (tertiary alicyclic amines) is 1. The first-order valence-corrected chi connectivity index (χ1v) is 11.4. The molecule has 28 heavy (non-hydrogen) atoms. The lowest BCUT2D eigenvalue weighted by Crippen LogP contribution is -2.39. The minimum absolute atomic E-state index is 0.193. The number of fused-ring (bicyclic) bond motifs is 2. The van der Waals surface area contributed by atoms with Gasteiger partial charge in [0, 0.05) is 43.4 Å². The number of hydrogen-bond donors (Lipinski definition) is 0. The van der Waals surface area contributed by atoms with Gasteiger partial charge in [0.1, 0.15) is 4.60 Å². The van der Waals surface area contributed by atoms with Gasteiger partial charge in [-0.3, -0.25) is 4.79 Å². The van der Waals surface area contributed by atoms with Crippen LogP contribution in [0.2, 0.25) is 0 Å². The van der Waals surface area contributed by atoms with E-state index in [2.05, 4.69) is 49.0 Å². The van der Waals surface area contributed by atoms with Gasteiger partial charge in [0.2, 0.25) is 0 Å². The average Bonchev–Trinajstić information content (AvgIpc) is 3.41. The maximum absolute atomic E-state index is 13.1. The fourth-order valence-electron chi connectivity index (χ4n) is 4.96. The molecular weight excluding hydrogens is 440 g/mol. The molecule has 0 spiro atoms. The molecule has 0 bridgehead atoms. The largest absolute Gasteiger partial charge is 0.376 e. The Hall–Kier alpha value is -1.51. The molecule has 4 heterocycles. The van der Waals surface area contributed by atoms with Gasteiger partial charge in [0.25, 0.3) is 5.91 Å². The highest BCUT2D eigenvalue weighted by molar-refractivity contribution is 9.10. The molecule has 2 aliphatic heterocycles. The van der Waals surface area contributed by atoms with Gasteiger partial charge in [0.15, 0.2) is 5.82 Å². The van der Waals surface area contributed by atoms with E-state index in [1.54, 1.807) is 11.3 Å². The van der Waals surface area contributed by atoms with E-state index in [-0.39, 0.29) is 5.91 Å². The highest BCUT2D eigenvalue weighted by atomic mass is 79.9. The van der Waals surface area contributed by atoms with E-state index < -0.39 is 0 Å². The maximum Gasteiger partial charge on any atom is 0.263 e. The van der Waals surface area contributed by atoms with E-state index in [4.69, 9.17) is 4.74 Å². The Labute approximate surface area is 177 Å². The molecule has 1 aliphatic carbocycles. The van der Waals surface area contributed by atoms with Crippen LogP contribution in [-0.4, -0.2) is 53.8 Å². The highest BCUT2D eigenvalue weighted by Crippen LogP contribution is 2.42. The molecule has 1 amide bonds. The van der Waals surface area contributed by atoms with Crippen molar-refractivity contribution in [1.29, 1.82) is 0 Å². The van der Waals surface area contributed by atoms with E-state index in [1.807, 2.05) is 12.1 Å². The van der Waals surface area contributed by atoms with Crippen molar-refractivity contribution in [3.8, 4) is 0 Å². The van der Waals surface area contributed by atoms with Crippen molar-refractivity contribution < 1.29 is 9.53 Å². The van der Waals surface area contributed by atoms with E-state index in [0.717, 1.165) is 47.8 Å². The zero-order valence-corrected chi connectivity index (χ0v) is 18.2. The van der Waals surface area contributed by atoms with Crippen LogP contribution in [-0.2, 0) is 17.8 Å². The maximum atomic E-state index is 13.1. The molecule has 148 valence electrons. The Kier molecular flexibility index (Phi) is 4.88. The molecule has 2 fully saturated rings. The van der Waals surface area contributed by atoms with E-state index in [1.165, 1.54) is 16.9 Å². The van der Waals surface area contributed by atoms with Crippen LogP contribution < -0.4 is 4.90 Å². The molecular formula is C20H23BrN4O2S. The Bertz CT molecular complexity index is 863. The van der Waals surface area contributed by atoms with Crippen LogP contribution in [0.5, 0.6) is 0 Å². The average molecular weight is 463 g/mol. The Morgan fingerprint density at radius 1 is 1.32 bits per heavy atom. The summed E-state index contributed by atoms with van der Waals surface area (Å²) >= 11 is 5.01. The third kappa shape index (κ3) is 3.25. The summed E-state index contributed by atoms with van der Waals surface area (Å²) in [6, 6.07) is 6.39. The van der Waals surface area contributed by atoms with Crippen molar-refractivity contribution in [2.75, 3.05) is 31.6 Å². The molecule has 3 aliphatic rings. The first-order valence-electron chi connectivity index (χ1n) is 9.81. The quantitative estimate of drug-likeness (QED) is 0.699. The topological polar surface area (TPSA) is 58.6 Å². The zero-order chi connectivity index (χ0) is 19.3. The van der Waals surface area contributed by atoms with Crippen molar-refractivity contribution in [2.45, 2.75) is 31.9 Å². The summed E-state index contributed by atoms with van der Waals surface area (Å²) < 4.78 is 6.27. The molecule has 3 atom stereocenters. The van der Waals surface area contributed by atoms with Gasteiger partial charge >= 0.3 is 0 Å². The normalized spacial score (nSPS) is 26.2. The second kappa shape index (κ2) is 7.39. The van der Waals surface area contributed by atoms with Crippen LogP contribution in [0.1, 0.15) is 33.0 Å². The summed E-state index contributed by atoms with van der Waals surface area (Å²) in [7, 11) is 2.10. The van der Waals surface area contributed by atoms with Crippen LogP contribution in [0.25, 0.3) is 0 Å². The van der Waals surface area contributed by atoms with E-state index >= 15 is 0 Å². The number of amides is 1. The lowest BCUT2D eigenvalue weighted by Gasteiger charge is -2.30. The molecule has 0 N–H and O–H groups in total. The zero-order valence-electron chi connectivity index (χ0n) is 15.8. The van der Waals surface area contributed by atoms with Gasteiger partial charge in [-0.15, -0.1) is 21.5 Å². The smallest absolute Gasteiger partial charge is 0.263 e. The molecule has 0 radical (unpaired) electrons. The molecule has 0 aromatic carbocycles. The summed E-state index contributed by atoms with van der Waals surface area (Å²) in [5.41, 5.74) is 1.20. The standard InChI is InChI=1S/C20H23BrN4O2S/c1-24(19-5-4-18(21)22-23-19)15-3-2-12-9-25(10-14(12)15)20(26)17-8-13-11-27-7-6-16(13)28-17/h4-5,8,12,14-15H,2-3,6-7,9-11H2,1H3/t12-,14+,15+/m0/s1. The number of ether oxygens (including phenoxy) is 1. The number of carbonyl (C=O) groups excluding carboxylic acids is 1. The number of halogens is 1. The molecule has 6 nitrogen and oxygen atoms in total. The summed E-state index contributed by atoms with van der Waals surface area (Å²) in [4.78, 5) is 19.6. The minimum Gasteiger partial charge on any atom is -0.376 e. The number of nitrogens with zero attached hydrogens (tertiary/aromatic N) is 4. The van der Waals surface area contributed by atoms with Gasteiger partial charge in [-0.2, -0.15) is 0 Å². The van der Waals surface area contributed by atoms with Crippen molar-refractivity contribution in [3.05, 3.63) is 38.1 Å². The van der Waals surface area contributed by atoms with Crippen LogP contribution in [0.3, 0.4) is 0 Å². The Morgan fingerprint density at radius 3 is 3.00 bits per heavy atom. The molecule has 2 aromatic heterocycles. The van der Waals surface area contributed by atoms with Gasteiger partial charge in [0.05, 0.1) is 18.1 Å². The molecule has 1 saturated carbocycles. The molecule has 0 unspecified atom stereocenters. The number of hydrogen-bond acceptors (Lipinski definition) is 6. The van der Waals surface area contributed by atoms with Gasteiger partial charge < -0.3 is 14.5 Å². The SMILES string of the molecule is CN(c1ccc(Br)nn1)[C@@H]1CC[C@H]2CN(C(=O)c3cc4c(s3)CCOC4)C[C@H]21. The van der Waals surface area contributed by atoms with Crippen LogP contribution in [0.4, 0.5) is 5.82 Å². The summed E-state index contributed by atoms with van der Waals surface area (Å²) in [6.07, 6.45) is 3.25. The predicted molar refractivity (Wildman–Crippen MR) is 112 cm³/mol. The molecule has 1 saturated heterocycles. The van der Waals surface area contributed by atoms with Crippen LogP contribution >= 0.6 is 27.3 Å². The third-order valence-electron chi connectivity index (χ3n) is 6.42. The summed E-state index contributed by atoms with van der Waals surface area (Å²) in [6.45, 7) is 3.12. The van der Waals surface area contributed by atoms with Gasteiger partial charge in [-0.05, 0) is 58.5 Å². The summed E-state index contributed by atoms with van der Waals surface area (Å²) in [5, 5.41) is 8.44. The fraction of sp³-hybridized carbons (Fsp3) is 0.550. The van der Waals surface area contributed by atoms with Crippen LogP contribution in [0, 0.1) is 11.8 Å². The lowest BCUT2D eigenvalue weighted by molar-refractivity contribution is 0.0784. The predicted octanol–water partition coefficient (Wildman–Crippen LogP) is 3.36. The second-order valence-corrected chi connectivity index (χ2v) is 9.91. The second-order valence-electron chi connectivity index (χ2n) is 7.97. The number of anilines is 1. The fourth-order valence-corrected chi connectivity index (χ4v) is 6.29. The number of rotatable bonds is 3. The van der Waals surface area contributed by atoms with E-state index in [9.17, 15) is 4.79 Å². The molecule has 2 aromatic rings. The molecule has 5 rings (SSSR count). The minimum atomic E-state index is 0.193. The third-order valence-corrected chi connectivity index (χ3v) is 8.07. The highest BCUT2D eigenvalue weighted by Gasteiger charge is 2.46. The monoisotopic (exact) mass is 462 g/mol.